The number of hydrogen-bond acceptors (Lipinski definition) is 36. The third kappa shape index (κ3) is 65.8. The lowest BCUT2D eigenvalue weighted by atomic mass is 9.92. The summed E-state index contributed by atoms with van der Waals surface area (Å²) >= 11 is 6.41. The van der Waals surface area contributed by atoms with Crippen molar-refractivity contribution in [1.29, 1.82) is 0 Å². The van der Waals surface area contributed by atoms with Crippen molar-refractivity contribution in [3.8, 4) is 5.75 Å². The number of esters is 2. The molecule has 1 saturated heterocycles. The van der Waals surface area contributed by atoms with Crippen molar-refractivity contribution in [3.63, 3.8) is 0 Å². The van der Waals surface area contributed by atoms with Gasteiger partial charge in [0.2, 0.25) is 29.5 Å². The van der Waals surface area contributed by atoms with Gasteiger partial charge >= 0.3 is 11.9 Å². The van der Waals surface area contributed by atoms with E-state index in [1.165, 1.54) is 13.2 Å². The van der Waals surface area contributed by atoms with E-state index in [1.807, 2.05) is 58.9 Å². The van der Waals surface area contributed by atoms with Gasteiger partial charge in [0.1, 0.15) is 30.0 Å². The summed E-state index contributed by atoms with van der Waals surface area (Å²) in [6, 6.07) is 9.75. The van der Waals surface area contributed by atoms with Crippen molar-refractivity contribution in [3.05, 3.63) is 76.3 Å². The summed E-state index contributed by atoms with van der Waals surface area (Å²) in [4.78, 5) is 94.8. The second kappa shape index (κ2) is 84.7. The van der Waals surface area contributed by atoms with Gasteiger partial charge in [0.05, 0.1) is 340 Å². The molecule has 1 unspecified atom stereocenters. The average molecular weight is 2020 g/mol. The Bertz CT molecular complexity index is 3480. The third-order valence-electron chi connectivity index (χ3n) is 21.0. The second-order valence-electron chi connectivity index (χ2n) is 33.8. The molecule has 0 aromatic heterocycles. The zero-order valence-electron chi connectivity index (χ0n) is 84.5. The number of methoxy groups -OCH3 is 2. The van der Waals surface area contributed by atoms with Crippen LogP contribution in [-0.4, -0.2) is 416 Å². The van der Waals surface area contributed by atoms with Crippen molar-refractivity contribution in [2.75, 3.05) is 338 Å². The maximum Gasteiger partial charge on any atom is 0.347 e. The second-order valence-corrected chi connectivity index (χ2v) is 34.2. The SMILES string of the molecule is COCCOCCOCCOCCOCCOCCOCCOCCOCCOCCOCCOCCOCCOCCOCCOCCOCCOCCOCCOCCOCCOCCOCCOCCC(=O)NCCCCC(NC(=O)[C@@H](N)C(C)C)C(=O)NCc1ccc([C@H]2O[C@@H]2[C@@H](C)[C@@H]2C/C=C/C(=O)N[C@H](Cc3ccc(OC)c(Cl)c3)C(=O)NCC(C)(C)C(=O)O[C@@H](CC(C)C)C(=O)O2)cc1. The van der Waals surface area contributed by atoms with Crippen LogP contribution in [0.5, 0.6) is 5.75 Å². The first-order valence-corrected chi connectivity index (χ1v) is 49.6. The first kappa shape index (κ1) is 126. The van der Waals surface area contributed by atoms with E-state index < -0.39 is 83.3 Å². The molecule has 8 atom stereocenters. The smallest absolute Gasteiger partial charge is 0.347 e. The molecule has 4 rings (SSSR count). The maximum absolute atomic E-state index is 14.1. The lowest BCUT2D eigenvalue weighted by molar-refractivity contribution is -0.179. The molecule has 2 aromatic carbocycles. The van der Waals surface area contributed by atoms with Crippen LogP contribution in [0.15, 0.2) is 54.6 Å². The Morgan fingerprint density at radius 3 is 1.22 bits per heavy atom. The molecule has 0 spiro atoms. The number of ether oxygens (including phenoxy) is 28. The zero-order valence-corrected chi connectivity index (χ0v) is 85.3. The molecule has 41 nitrogen and oxygen atoms in total. The molecule has 140 heavy (non-hydrogen) atoms. The standard InChI is InChI=1S/C98H167ClN6O35/c1-76(2)71-87-96(111)138-85(14-12-15-89(107)104-84(73-80-18-21-86(114-9)82(99)72-80)94(109)103-75-98(6,7)97(112)139-87)78(5)91-92(140-91)81-19-16-79(17-20-81)74-102-93(108)83(105-95(110)90(100)77(3)4)13-10-11-23-101-88(106)22-24-115-27-28-117-31-32-119-35-36-121-39-40-123-43-44-125-47-48-127-51-52-129-55-56-131-59-60-133-63-64-135-67-68-137-70-69-136-66-65-134-62-61-132-58-57-130-54-53-128-50-49-126-46-45-124-42-41-122-38-37-120-34-33-118-30-29-116-26-25-113-8/h12,15-21,72,76-78,83-85,87,90-92H,10-11,13-14,22-71,73-75,100H2,1-9H3,(H,101,106)(H,102,108)(H,103,109)(H,104,107)(H,105,110)/b15-12+/t78-,83?,84+,85-,87-,90-,91+,92+/m0/s1. The summed E-state index contributed by atoms with van der Waals surface area (Å²) in [5.41, 5.74) is 7.15. The Kier molecular flexibility index (Phi) is 76.1. The van der Waals surface area contributed by atoms with Crippen molar-refractivity contribution in [1.82, 2.24) is 26.6 Å². The van der Waals surface area contributed by atoms with Gasteiger partial charge in [0.25, 0.3) is 0 Å². The Balaban J connectivity index is 0.873. The summed E-state index contributed by atoms with van der Waals surface area (Å²) in [5.74, 6) is -3.85. The number of hydrogen-bond donors (Lipinski definition) is 6. The summed E-state index contributed by atoms with van der Waals surface area (Å²) in [7, 11) is 3.13. The minimum atomic E-state index is -1.29. The molecule has 42 heteroatoms. The highest BCUT2D eigenvalue weighted by Gasteiger charge is 2.48. The minimum Gasteiger partial charge on any atom is -0.495 e. The van der Waals surface area contributed by atoms with Crippen molar-refractivity contribution in [2.45, 2.75) is 142 Å². The van der Waals surface area contributed by atoms with E-state index in [1.54, 1.807) is 45.2 Å². The van der Waals surface area contributed by atoms with Crippen LogP contribution in [0.4, 0.5) is 0 Å². The van der Waals surface area contributed by atoms with Gasteiger partial charge in [0.15, 0.2) is 6.10 Å². The van der Waals surface area contributed by atoms with Crippen LogP contribution in [0.3, 0.4) is 0 Å². The number of nitrogens with one attached hydrogen (secondary N) is 5. The van der Waals surface area contributed by atoms with Crippen LogP contribution in [0, 0.1) is 23.2 Å². The predicted octanol–water partition coefficient (Wildman–Crippen LogP) is 4.91. The fraction of sp³-hybridized carbons (Fsp3) is 0.786. The topological polar surface area (TPSA) is 467 Å². The zero-order chi connectivity index (χ0) is 101. The highest BCUT2D eigenvalue weighted by molar-refractivity contribution is 6.32. The van der Waals surface area contributed by atoms with Gasteiger partial charge in [-0.1, -0.05) is 82.6 Å². The monoisotopic (exact) mass is 2020 g/mol. The number of unbranched alkanes of at least 4 members (excludes halogenated alkanes) is 1. The lowest BCUT2D eigenvalue weighted by Crippen LogP contribution is -2.52. The number of amides is 5. The Morgan fingerprint density at radius 1 is 0.479 bits per heavy atom. The predicted molar refractivity (Wildman–Crippen MR) is 515 cm³/mol. The molecule has 2 aliphatic heterocycles. The van der Waals surface area contributed by atoms with Crippen LogP contribution in [0.25, 0.3) is 0 Å². The van der Waals surface area contributed by atoms with E-state index in [0.717, 1.165) is 11.1 Å². The van der Waals surface area contributed by atoms with Gasteiger partial charge < -0.3 is 165 Å². The number of benzene rings is 2. The Labute approximate surface area is 833 Å². The van der Waals surface area contributed by atoms with Crippen molar-refractivity contribution in [2.24, 2.45) is 28.9 Å². The molecular weight excluding hydrogens is 1860 g/mol. The van der Waals surface area contributed by atoms with Crippen LogP contribution < -0.4 is 37.1 Å². The number of carbonyl (C=O) groups excluding carboxylic acids is 7. The molecule has 2 aromatic rings. The maximum atomic E-state index is 14.1. The Morgan fingerprint density at radius 2 is 0.857 bits per heavy atom. The van der Waals surface area contributed by atoms with Crippen molar-refractivity contribution < 1.29 is 166 Å². The van der Waals surface area contributed by atoms with E-state index in [-0.39, 0.29) is 69.2 Å². The fourth-order valence-corrected chi connectivity index (χ4v) is 13.1. The average Bonchev–Trinajstić information content (AvgIpc) is 1.63. The molecule has 0 radical (unpaired) electrons. The van der Waals surface area contributed by atoms with Gasteiger partial charge in [-0.3, -0.25) is 28.8 Å². The van der Waals surface area contributed by atoms with E-state index in [9.17, 15) is 33.6 Å². The summed E-state index contributed by atoms with van der Waals surface area (Å²) in [6.07, 6.45) is 1.77. The Hall–Kier alpha value is -6.48. The highest BCUT2D eigenvalue weighted by atomic mass is 35.5. The molecule has 1 fully saturated rings. The van der Waals surface area contributed by atoms with Crippen LogP contribution in [0.1, 0.15) is 110 Å². The number of rotatable bonds is 91. The first-order chi connectivity index (χ1) is 68.1. The van der Waals surface area contributed by atoms with Crippen molar-refractivity contribution >= 4 is 53.1 Å². The number of cyclic esters (lactones) is 2. The summed E-state index contributed by atoms with van der Waals surface area (Å²) in [6.45, 7) is 34.3. The van der Waals surface area contributed by atoms with Crippen LogP contribution in [-0.2, 0) is 174 Å². The van der Waals surface area contributed by atoms with Gasteiger partial charge in [-0.15, -0.1) is 0 Å². The molecule has 5 amide bonds. The molecule has 7 N–H and O–H groups in total. The quantitative estimate of drug-likeness (QED) is 0.0291. The van der Waals surface area contributed by atoms with E-state index in [4.69, 9.17) is 150 Å². The lowest BCUT2D eigenvalue weighted by Gasteiger charge is -2.29. The molecule has 0 aliphatic carbocycles. The molecule has 806 valence electrons. The molecule has 2 heterocycles. The third-order valence-corrected chi connectivity index (χ3v) is 21.3. The first-order valence-electron chi connectivity index (χ1n) is 49.2. The normalized spacial score (nSPS) is 17.3. The number of epoxide rings is 1. The molecule has 0 saturated carbocycles. The largest absolute Gasteiger partial charge is 0.495 e. The fourth-order valence-electron chi connectivity index (χ4n) is 12.8. The molecule has 0 bridgehead atoms. The molecule has 2 aliphatic rings. The van der Waals surface area contributed by atoms with E-state index in [0.29, 0.717) is 346 Å². The van der Waals surface area contributed by atoms with E-state index >= 15 is 0 Å². The highest BCUT2D eigenvalue weighted by Crippen LogP contribution is 2.45. The van der Waals surface area contributed by atoms with Gasteiger partial charge in [-0.05, 0) is 86.3 Å². The van der Waals surface area contributed by atoms with E-state index in [2.05, 4.69) is 26.6 Å². The summed E-state index contributed by atoms with van der Waals surface area (Å²) < 4.78 is 156. The number of carbonyl (C=O) groups is 7. The van der Waals surface area contributed by atoms with Gasteiger partial charge in [-0.25, -0.2) is 4.79 Å². The van der Waals surface area contributed by atoms with Crippen LogP contribution in [0.2, 0.25) is 5.02 Å². The van der Waals surface area contributed by atoms with Gasteiger partial charge in [0, 0.05) is 51.9 Å². The summed E-state index contributed by atoms with van der Waals surface area (Å²) in [5, 5.41) is 14.6. The van der Waals surface area contributed by atoms with Gasteiger partial charge in [-0.2, -0.15) is 0 Å². The van der Waals surface area contributed by atoms with Crippen LogP contribution >= 0.6 is 11.6 Å². The number of halogens is 1. The minimum absolute atomic E-state index is 0.0667. The molecular formula is C98H167ClN6O35. The number of nitrogens with two attached hydrogens (primary N) is 1.